The first kappa shape index (κ1) is 19.7. The molecule has 1 fully saturated rings. The minimum absolute atomic E-state index is 0.0399. The summed E-state index contributed by atoms with van der Waals surface area (Å²) >= 11 is 0. The van der Waals surface area contributed by atoms with Gasteiger partial charge in [0.25, 0.3) is 0 Å². The highest BCUT2D eigenvalue weighted by Crippen LogP contribution is 2.24. The fraction of sp³-hybridized carbons (Fsp3) is 0.588. The Bertz CT molecular complexity index is 684. The van der Waals surface area contributed by atoms with Crippen molar-refractivity contribution < 1.29 is 23.1 Å². The highest BCUT2D eigenvalue weighted by atomic mass is 32.2. The topological polar surface area (TPSA) is 105 Å². The molecule has 0 bridgehead atoms. The first-order valence-electron chi connectivity index (χ1n) is 8.66. The normalized spacial score (nSPS) is 17.6. The van der Waals surface area contributed by atoms with Crippen LogP contribution in [0.4, 0.5) is 5.69 Å². The molecular formula is C17H26N2O5S. The van der Waals surface area contributed by atoms with Crippen molar-refractivity contribution in [1.29, 1.82) is 0 Å². The van der Waals surface area contributed by atoms with Gasteiger partial charge in [-0.1, -0.05) is 19.8 Å². The zero-order valence-electron chi connectivity index (χ0n) is 14.5. The molecule has 1 saturated heterocycles. The van der Waals surface area contributed by atoms with Crippen LogP contribution in [0.25, 0.3) is 0 Å². The zero-order chi connectivity index (χ0) is 18.3. The molecule has 3 N–H and O–H groups in total. The number of hydrogen-bond acceptors (Lipinski definition) is 5. The first-order chi connectivity index (χ1) is 11.9. The van der Waals surface area contributed by atoms with E-state index in [2.05, 4.69) is 10.0 Å². The SMILES string of the molecule is CCCCCNS(=O)(=O)c1cc(C(=O)O)ccc1NCC1CCCO1. The number of rotatable bonds is 10. The Balaban J connectivity index is 2.18. The van der Waals surface area contributed by atoms with Gasteiger partial charge < -0.3 is 15.2 Å². The molecule has 2 rings (SSSR count). The molecule has 0 aliphatic carbocycles. The molecule has 8 heteroatoms. The van der Waals surface area contributed by atoms with Gasteiger partial charge in [0.2, 0.25) is 10.0 Å². The number of carboxylic acids is 1. The fourth-order valence-corrected chi connectivity index (χ4v) is 3.99. The predicted molar refractivity (Wildman–Crippen MR) is 95.6 cm³/mol. The van der Waals surface area contributed by atoms with Crippen molar-refractivity contribution in [3.63, 3.8) is 0 Å². The molecule has 1 atom stereocenters. The predicted octanol–water partition coefficient (Wildman–Crippen LogP) is 2.44. The maximum Gasteiger partial charge on any atom is 0.335 e. The number of hydrogen-bond donors (Lipinski definition) is 3. The number of aromatic carboxylic acids is 1. The summed E-state index contributed by atoms with van der Waals surface area (Å²) in [5.74, 6) is -1.16. The van der Waals surface area contributed by atoms with Crippen molar-refractivity contribution in [2.75, 3.05) is 25.0 Å². The highest BCUT2D eigenvalue weighted by Gasteiger charge is 2.22. The van der Waals surface area contributed by atoms with E-state index >= 15 is 0 Å². The van der Waals surface area contributed by atoms with E-state index in [-0.39, 0.29) is 16.6 Å². The van der Waals surface area contributed by atoms with Crippen LogP contribution in [0.1, 0.15) is 49.4 Å². The monoisotopic (exact) mass is 370 g/mol. The first-order valence-corrected chi connectivity index (χ1v) is 10.1. The van der Waals surface area contributed by atoms with Crippen LogP contribution in [0.5, 0.6) is 0 Å². The molecule has 25 heavy (non-hydrogen) atoms. The Labute approximate surface area is 148 Å². The third-order valence-corrected chi connectivity index (χ3v) is 5.64. The number of anilines is 1. The van der Waals surface area contributed by atoms with Crippen LogP contribution >= 0.6 is 0 Å². The summed E-state index contributed by atoms with van der Waals surface area (Å²) in [6, 6.07) is 4.09. The Morgan fingerprint density at radius 2 is 2.16 bits per heavy atom. The number of ether oxygens (including phenoxy) is 1. The van der Waals surface area contributed by atoms with Crippen molar-refractivity contribution in [2.24, 2.45) is 0 Å². The maximum atomic E-state index is 12.6. The van der Waals surface area contributed by atoms with E-state index in [1.165, 1.54) is 18.2 Å². The van der Waals surface area contributed by atoms with Crippen LogP contribution in [-0.2, 0) is 14.8 Å². The summed E-state index contributed by atoms with van der Waals surface area (Å²) in [6.45, 7) is 3.58. The van der Waals surface area contributed by atoms with Crippen molar-refractivity contribution >= 4 is 21.7 Å². The van der Waals surface area contributed by atoms with Gasteiger partial charge in [0, 0.05) is 19.7 Å². The number of sulfonamides is 1. The van der Waals surface area contributed by atoms with Gasteiger partial charge in [0.05, 0.1) is 17.4 Å². The van der Waals surface area contributed by atoms with E-state index in [0.29, 0.717) is 25.4 Å². The quantitative estimate of drug-likeness (QED) is 0.547. The molecule has 1 aliphatic rings. The summed E-state index contributed by atoms with van der Waals surface area (Å²) in [5.41, 5.74) is 0.333. The molecule has 7 nitrogen and oxygen atoms in total. The van der Waals surface area contributed by atoms with Gasteiger partial charge in [0.15, 0.2) is 0 Å². The minimum atomic E-state index is -3.79. The van der Waals surface area contributed by atoms with E-state index < -0.39 is 16.0 Å². The van der Waals surface area contributed by atoms with Gasteiger partial charge in [-0.15, -0.1) is 0 Å². The largest absolute Gasteiger partial charge is 0.478 e. The third kappa shape index (κ3) is 5.69. The molecule has 0 radical (unpaired) electrons. The lowest BCUT2D eigenvalue weighted by atomic mass is 10.2. The maximum absolute atomic E-state index is 12.6. The van der Waals surface area contributed by atoms with Gasteiger partial charge >= 0.3 is 5.97 Å². The Hall–Kier alpha value is -1.64. The third-order valence-electron chi connectivity index (χ3n) is 4.13. The summed E-state index contributed by atoms with van der Waals surface area (Å²) in [7, 11) is -3.79. The molecule has 0 amide bonds. The van der Waals surface area contributed by atoms with Crippen molar-refractivity contribution in [2.45, 2.75) is 50.0 Å². The van der Waals surface area contributed by atoms with E-state index in [1.807, 2.05) is 6.92 Å². The summed E-state index contributed by atoms with van der Waals surface area (Å²) in [4.78, 5) is 11.2. The number of benzene rings is 1. The van der Waals surface area contributed by atoms with Crippen LogP contribution in [-0.4, -0.2) is 45.3 Å². The van der Waals surface area contributed by atoms with E-state index in [9.17, 15) is 13.2 Å². The van der Waals surface area contributed by atoms with Crippen LogP contribution < -0.4 is 10.0 Å². The molecule has 1 aromatic rings. The second-order valence-electron chi connectivity index (χ2n) is 6.14. The Kier molecular flexibility index (Phi) is 7.22. The van der Waals surface area contributed by atoms with Crippen LogP contribution in [0.15, 0.2) is 23.1 Å². The van der Waals surface area contributed by atoms with Crippen molar-refractivity contribution in [3.05, 3.63) is 23.8 Å². The van der Waals surface area contributed by atoms with Gasteiger partial charge in [-0.25, -0.2) is 17.9 Å². The van der Waals surface area contributed by atoms with Crippen LogP contribution in [0.2, 0.25) is 0 Å². The summed E-state index contributed by atoms with van der Waals surface area (Å²) in [6.07, 6.45) is 4.64. The lowest BCUT2D eigenvalue weighted by Gasteiger charge is -2.16. The molecule has 140 valence electrons. The number of carboxylic acid groups (broad SMARTS) is 1. The smallest absolute Gasteiger partial charge is 0.335 e. The molecule has 1 heterocycles. The van der Waals surface area contributed by atoms with Gasteiger partial charge in [-0.05, 0) is 37.5 Å². The Morgan fingerprint density at radius 1 is 1.36 bits per heavy atom. The van der Waals surface area contributed by atoms with E-state index in [0.717, 1.165) is 32.1 Å². The molecule has 0 saturated carbocycles. The van der Waals surface area contributed by atoms with E-state index in [1.54, 1.807) is 0 Å². The molecule has 0 spiro atoms. The number of unbranched alkanes of at least 4 members (excludes halogenated alkanes) is 2. The highest BCUT2D eigenvalue weighted by molar-refractivity contribution is 7.89. The van der Waals surface area contributed by atoms with Gasteiger partial charge in [-0.2, -0.15) is 0 Å². The van der Waals surface area contributed by atoms with Gasteiger partial charge in [-0.3, -0.25) is 0 Å². The second kappa shape index (κ2) is 9.17. The second-order valence-corrected chi connectivity index (χ2v) is 7.87. The van der Waals surface area contributed by atoms with Crippen LogP contribution in [0.3, 0.4) is 0 Å². The minimum Gasteiger partial charge on any atom is -0.478 e. The van der Waals surface area contributed by atoms with Gasteiger partial charge in [0.1, 0.15) is 4.90 Å². The number of nitrogens with one attached hydrogen (secondary N) is 2. The average Bonchev–Trinajstić information content (AvgIpc) is 3.10. The summed E-state index contributed by atoms with van der Waals surface area (Å²) < 4.78 is 33.3. The Morgan fingerprint density at radius 3 is 2.80 bits per heavy atom. The molecule has 1 aromatic carbocycles. The van der Waals surface area contributed by atoms with E-state index in [4.69, 9.17) is 9.84 Å². The molecule has 1 aliphatic heterocycles. The molecular weight excluding hydrogens is 344 g/mol. The fourth-order valence-electron chi connectivity index (χ4n) is 2.71. The molecule has 1 unspecified atom stereocenters. The lowest BCUT2D eigenvalue weighted by molar-refractivity contribution is 0.0696. The van der Waals surface area contributed by atoms with Crippen molar-refractivity contribution in [1.82, 2.24) is 4.72 Å². The standard InChI is InChI=1S/C17H26N2O5S/c1-2-3-4-9-19-25(22,23)16-11-13(17(20)21)7-8-15(16)18-12-14-6-5-10-24-14/h7-8,11,14,18-19H,2-6,9-10,12H2,1H3,(H,20,21). The zero-order valence-corrected chi connectivity index (χ0v) is 15.3. The number of carbonyl (C=O) groups is 1. The average molecular weight is 370 g/mol. The van der Waals surface area contributed by atoms with Crippen molar-refractivity contribution in [3.8, 4) is 0 Å². The lowest BCUT2D eigenvalue weighted by Crippen LogP contribution is -2.27. The van der Waals surface area contributed by atoms with Crippen LogP contribution in [0, 0.1) is 0 Å². The summed E-state index contributed by atoms with van der Waals surface area (Å²) in [5, 5.41) is 12.3. The molecule has 0 aromatic heterocycles.